The Bertz CT molecular complexity index is 269. The lowest BCUT2D eigenvalue weighted by atomic mass is 9.90. The third kappa shape index (κ3) is 4.42. The van der Waals surface area contributed by atoms with E-state index in [-0.39, 0.29) is 0 Å². The maximum absolute atomic E-state index is 9.89. The number of rotatable bonds is 6. The molecule has 1 saturated carbocycles. The van der Waals surface area contributed by atoms with Crippen LogP contribution in [0.2, 0.25) is 0 Å². The van der Waals surface area contributed by atoms with Crippen molar-refractivity contribution in [1.82, 2.24) is 4.90 Å². The predicted octanol–water partition coefficient (Wildman–Crippen LogP) is 1.51. The van der Waals surface area contributed by atoms with Gasteiger partial charge in [-0.2, -0.15) is 0 Å². The molecule has 112 valence electrons. The highest BCUT2D eigenvalue weighted by Crippen LogP contribution is 2.28. The summed E-state index contributed by atoms with van der Waals surface area (Å²) in [6.07, 6.45) is 8.71. The summed E-state index contributed by atoms with van der Waals surface area (Å²) < 4.78 is 5.89. The van der Waals surface area contributed by atoms with Gasteiger partial charge in [0.25, 0.3) is 0 Å². The molecule has 0 aromatic carbocycles. The lowest BCUT2D eigenvalue weighted by molar-refractivity contribution is -0.0885. The van der Waals surface area contributed by atoms with Crippen molar-refractivity contribution in [1.29, 1.82) is 0 Å². The third-order valence-electron chi connectivity index (χ3n) is 4.70. The molecule has 0 aromatic heterocycles. The number of nitrogens with two attached hydrogens (primary N) is 1. The zero-order valence-electron chi connectivity index (χ0n) is 12.3. The van der Waals surface area contributed by atoms with E-state index in [4.69, 9.17) is 10.5 Å². The average Bonchev–Trinajstić information content (AvgIpc) is 2.44. The topological polar surface area (TPSA) is 58.7 Å². The zero-order valence-corrected chi connectivity index (χ0v) is 12.3. The van der Waals surface area contributed by atoms with Crippen LogP contribution >= 0.6 is 0 Å². The molecule has 2 fully saturated rings. The molecule has 0 radical (unpaired) electrons. The Kier molecular flexibility index (Phi) is 5.63. The van der Waals surface area contributed by atoms with E-state index in [1.54, 1.807) is 0 Å². The Labute approximate surface area is 117 Å². The lowest BCUT2D eigenvalue weighted by Gasteiger charge is -2.44. The molecule has 3 N–H and O–H groups in total. The van der Waals surface area contributed by atoms with Crippen molar-refractivity contribution in [2.24, 2.45) is 5.73 Å². The van der Waals surface area contributed by atoms with Crippen molar-refractivity contribution in [3.05, 3.63) is 0 Å². The molecule has 4 nitrogen and oxygen atoms in total. The Morgan fingerprint density at radius 2 is 2.11 bits per heavy atom. The van der Waals surface area contributed by atoms with Crippen LogP contribution in [0.25, 0.3) is 0 Å². The summed E-state index contributed by atoms with van der Waals surface area (Å²) in [5, 5.41) is 9.89. The standard InChI is InChI=1S/C15H30N2O2/c1-15(18,12-16)8-4-5-9-17-10-11-19-14-7-3-2-6-13(14)17/h13-14,18H,2-12,16H2,1H3. The van der Waals surface area contributed by atoms with Gasteiger partial charge in [-0.05, 0) is 45.6 Å². The van der Waals surface area contributed by atoms with Gasteiger partial charge in [-0.3, -0.25) is 4.90 Å². The normalized spacial score (nSPS) is 31.7. The smallest absolute Gasteiger partial charge is 0.0741 e. The quantitative estimate of drug-likeness (QED) is 0.718. The molecule has 0 spiro atoms. The number of hydrogen-bond donors (Lipinski definition) is 2. The minimum Gasteiger partial charge on any atom is -0.389 e. The van der Waals surface area contributed by atoms with Gasteiger partial charge >= 0.3 is 0 Å². The van der Waals surface area contributed by atoms with Crippen LogP contribution in [-0.4, -0.2) is 54.0 Å². The SMILES string of the molecule is CC(O)(CN)CCCCN1CCOC2CCCCC21. The second kappa shape index (κ2) is 7.02. The minimum atomic E-state index is -0.682. The van der Waals surface area contributed by atoms with Gasteiger partial charge in [-0.25, -0.2) is 0 Å². The molecule has 1 aliphatic carbocycles. The summed E-state index contributed by atoms with van der Waals surface area (Å²) in [6.45, 7) is 5.30. The van der Waals surface area contributed by atoms with E-state index in [0.717, 1.165) is 39.0 Å². The Morgan fingerprint density at radius 3 is 2.89 bits per heavy atom. The van der Waals surface area contributed by atoms with Crippen LogP contribution in [0.4, 0.5) is 0 Å². The van der Waals surface area contributed by atoms with Crippen LogP contribution in [0, 0.1) is 0 Å². The van der Waals surface area contributed by atoms with Crippen LogP contribution in [0.3, 0.4) is 0 Å². The monoisotopic (exact) mass is 270 g/mol. The van der Waals surface area contributed by atoms with Gasteiger partial charge in [0.2, 0.25) is 0 Å². The molecule has 0 aromatic rings. The summed E-state index contributed by atoms with van der Waals surface area (Å²) in [6, 6.07) is 0.650. The Morgan fingerprint density at radius 1 is 1.32 bits per heavy atom. The minimum absolute atomic E-state index is 0.356. The second-order valence-electron chi connectivity index (χ2n) is 6.46. The molecule has 2 rings (SSSR count). The molecule has 19 heavy (non-hydrogen) atoms. The summed E-state index contributed by atoms with van der Waals surface area (Å²) in [5.41, 5.74) is 4.86. The van der Waals surface area contributed by atoms with Gasteiger partial charge in [-0.15, -0.1) is 0 Å². The first kappa shape index (κ1) is 15.2. The van der Waals surface area contributed by atoms with Crippen LogP contribution < -0.4 is 5.73 Å². The van der Waals surface area contributed by atoms with Crippen molar-refractivity contribution in [3.63, 3.8) is 0 Å². The fraction of sp³-hybridized carbons (Fsp3) is 1.00. The van der Waals surface area contributed by atoms with Gasteiger partial charge < -0.3 is 15.6 Å². The number of unbranched alkanes of at least 4 members (excludes halogenated alkanes) is 1. The van der Waals surface area contributed by atoms with E-state index in [9.17, 15) is 5.11 Å². The number of hydrogen-bond acceptors (Lipinski definition) is 4. The van der Waals surface area contributed by atoms with E-state index in [0.29, 0.717) is 18.7 Å². The second-order valence-corrected chi connectivity index (χ2v) is 6.46. The summed E-state index contributed by atoms with van der Waals surface area (Å²) in [7, 11) is 0. The predicted molar refractivity (Wildman–Crippen MR) is 77.1 cm³/mol. The van der Waals surface area contributed by atoms with Crippen molar-refractivity contribution in [3.8, 4) is 0 Å². The Balaban J connectivity index is 1.70. The van der Waals surface area contributed by atoms with E-state index in [2.05, 4.69) is 4.90 Å². The molecule has 0 amide bonds. The summed E-state index contributed by atoms with van der Waals surface area (Å²) in [5.74, 6) is 0. The van der Waals surface area contributed by atoms with Crippen LogP contribution in [-0.2, 0) is 4.74 Å². The number of aliphatic hydroxyl groups is 1. The van der Waals surface area contributed by atoms with Gasteiger partial charge in [0.1, 0.15) is 0 Å². The van der Waals surface area contributed by atoms with Crippen LogP contribution in [0.1, 0.15) is 51.9 Å². The highest BCUT2D eigenvalue weighted by Gasteiger charge is 2.33. The van der Waals surface area contributed by atoms with Gasteiger partial charge in [-0.1, -0.05) is 12.8 Å². The first-order valence-corrected chi connectivity index (χ1v) is 7.90. The van der Waals surface area contributed by atoms with E-state index >= 15 is 0 Å². The average molecular weight is 270 g/mol. The van der Waals surface area contributed by atoms with Crippen molar-refractivity contribution in [2.75, 3.05) is 26.2 Å². The first-order valence-electron chi connectivity index (χ1n) is 7.90. The molecule has 1 heterocycles. The molecule has 2 aliphatic rings. The third-order valence-corrected chi connectivity index (χ3v) is 4.70. The summed E-state index contributed by atoms with van der Waals surface area (Å²) in [4.78, 5) is 2.62. The van der Waals surface area contributed by atoms with Crippen LogP contribution in [0.15, 0.2) is 0 Å². The highest BCUT2D eigenvalue weighted by molar-refractivity contribution is 4.87. The Hall–Kier alpha value is -0.160. The van der Waals surface area contributed by atoms with E-state index in [1.807, 2.05) is 6.92 Å². The van der Waals surface area contributed by atoms with Crippen molar-refractivity contribution < 1.29 is 9.84 Å². The molecule has 1 aliphatic heterocycles. The maximum Gasteiger partial charge on any atom is 0.0741 e. The first-order chi connectivity index (χ1) is 9.12. The highest BCUT2D eigenvalue weighted by atomic mass is 16.5. The molecule has 0 bridgehead atoms. The molecule has 4 heteroatoms. The fourth-order valence-corrected chi connectivity index (χ4v) is 3.38. The largest absolute Gasteiger partial charge is 0.389 e. The maximum atomic E-state index is 9.89. The number of nitrogens with zero attached hydrogens (tertiary/aromatic N) is 1. The van der Waals surface area contributed by atoms with Gasteiger partial charge in [0.05, 0.1) is 18.3 Å². The fourth-order valence-electron chi connectivity index (χ4n) is 3.38. The molecular weight excluding hydrogens is 240 g/mol. The zero-order chi connectivity index (χ0) is 13.7. The van der Waals surface area contributed by atoms with Gasteiger partial charge in [0, 0.05) is 19.1 Å². The number of ether oxygens (including phenoxy) is 1. The number of fused-ring (bicyclic) bond motifs is 1. The molecule has 3 unspecified atom stereocenters. The van der Waals surface area contributed by atoms with Gasteiger partial charge in [0.15, 0.2) is 0 Å². The lowest BCUT2D eigenvalue weighted by Crippen LogP contribution is -2.52. The van der Waals surface area contributed by atoms with Crippen LogP contribution in [0.5, 0.6) is 0 Å². The van der Waals surface area contributed by atoms with Crippen molar-refractivity contribution >= 4 is 0 Å². The molecule has 1 saturated heterocycles. The molecular formula is C15H30N2O2. The van der Waals surface area contributed by atoms with E-state index < -0.39 is 5.60 Å². The van der Waals surface area contributed by atoms with E-state index in [1.165, 1.54) is 25.7 Å². The number of morpholine rings is 1. The molecule has 3 atom stereocenters. The van der Waals surface area contributed by atoms with Crippen molar-refractivity contribution in [2.45, 2.75) is 69.6 Å². The summed E-state index contributed by atoms with van der Waals surface area (Å²) >= 11 is 0.